The van der Waals surface area contributed by atoms with E-state index in [0.717, 1.165) is 65.6 Å². The summed E-state index contributed by atoms with van der Waals surface area (Å²) in [5.74, 6) is 2.08. The van der Waals surface area contributed by atoms with Crippen molar-refractivity contribution in [3.8, 4) is 17.0 Å². The van der Waals surface area contributed by atoms with Crippen LogP contribution in [0.3, 0.4) is 0 Å². The Kier molecular flexibility index (Phi) is 6.42. The zero-order chi connectivity index (χ0) is 22.0. The van der Waals surface area contributed by atoms with Crippen molar-refractivity contribution in [2.45, 2.75) is 52.5 Å². The Labute approximate surface area is 189 Å². The number of methoxy groups -OCH3 is 1. The number of hydrogen-bond acceptors (Lipinski definition) is 5. The van der Waals surface area contributed by atoms with Gasteiger partial charge in [-0.1, -0.05) is 44.9 Å². The zero-order valence-electron chi connectivity index (χ0n) is 18.6. The number of halogens is 1. The van der Waals surface area contributed by atoms with E-state index in [4.69, 9.17) is 26.3 Å². The zero-order valence-corrected chi connectivity index (χ0v) is 19.3. The highest BCUT2D eigenvalue weighted by molar-refractivity contribution is 6.33. The average Bonchev–Trinajstić information content (AvgIpc) is 3.16. The van der Waals surface area contributed by atoms with Crippen LogP contribution in [0.15, 0.2) is 36.5 Å². The average molecular weight is 437 g/mol. The second-order valence-electron chi connectivity index (χ2n) is 7.91. The van der Waals surface area contributed by atoms with Gasteiger partial charge in [-0.25, -0.2) is 9.97 Å². The van der Waals surface area contributed by atoms with Gasteiger partial charge in [0.25, 0.3) is 0 Å². The smallest absolute Gasteiger partial charge is 0.148 e. The van der Waals surface area contributed by atoms with Gasteiger partial charge in [-0.2, -0.15) is 0 Å². The van der Waals surface area contributed by atoms with Crippen LogP contribution in [0, 0.1) is 5.92 Å². The van der Waals surface area contributed by atoms with Crippen LogP contribution in [-0.4, -0.2) is 22.1 Å². The monoisotopic (exact) mass is 436 g/mol. The summed E-state index contributed by atoms with van der Waals surface area (Å²) in [4.78, 5) is 14.7. The number of nitrogens with zero attached hydrogens (tertiary/aromatic N) is 3. The molecule has 0 unspecified atom stereocenters. The fourth-order valence-electron chi connectivity index (χ4n) is 4.38. The molecule has 2 atom stereocenters. The Hall–Kier alpha value is -2.66. The van der Waals surface area contributed by atoms with Crippen LogP contribution in [0.25, 0.3) is 11.3 Å². The first-order valence-electron chi connectivity index (χ1n) is 11.0. The lowest BCUT2D eigenvalue weighted by Gasteiger charge is -2.23. The predicted molar refractivity (Wildman–Crippen MR) is 126 cm³/mol. The highest BCUT2D eigenvalue weighted by atomic mass is 35.5. The number of aryl methyl sites for hydroxylation is 2. The number of rotatable bonds is 7. The molecule has 1 N–H and O–H groups in total. The summed E-state index contributed by atoms with van der Waals surface area (Å²) in [5, 5.41) is 4.33. The van der Waals surface area contributed by atoms with Crippen LogP contribution in [0.2, 0.25) is 5.02 Å². The first-order valence-corrected chi connectivity index (χ1v) is 11.4. The quantitative estimate of drug-likeness (QED) is 0.487. The van der Waals surface area contributed by atoms with Gasteiger partial charge in [0.1, 0.15) is 11.6 Å². The number of nitrogens with one attached hydrogen (secondary N) is 1. The van der Waals surface area contributed by atoms with Crippen LogP contribution in [0.1, 0.15) is 55.9 Å². The van der Waals surface area contributed by atoms with Gasteiger partial charge in [-0.05, 0) is 55.0 Å². The van der Waals surface area contributed by atoms with Gasteiger partial charge < -0.3 is 10.1 Å². The minimum absolute atomic E-state index is 0.154. The summed E-state index contributed by atoms with van der Waals surface area (Å²) in [6.45, 7) is 6.45. The molecule has 162 valence electrons. The molecule has 2 heterocycles. The van der Waals surface area contributed by atoms with Crippen molar-refractivity contribution in [1.29, 1.82) is 0 Å². The standard InChI is InChI=1S/C25H29ClN4O/c1-5-15-13-16-9-8-12-27-22(16)23(15)30-25-21(7-3)28-24(20(6-2)29-25)18-11-10-17(31-4)14-19(18)26/h8-12,14-15,23H,5-7,13H2,1-4H3,(H,29,30)/t15-,23+/m1/s1. The highest BCUT2D eigenvalue weighted by Crippen LogP contribution is 2.40. The van der Waals surface area contributed by atoms with Crippen molar-refractivity contribution in [2.24, 2.45) is 5.92 Å². The third kappa shape index (κ3) is 4.11. The fraction of sp³-hybridized carbons (Fsp3) is 0.400. The molecule has 0 fully saturated rings. The molecule has 0 saturated heterocycles. The number of benzene rings is 1. The molecule has 0 bridgehead atoms. The van der Waals surface area contributed by atoms with E-state index >= 15 is 0 Å². The molecule has 5 nitrogen and oxygen atoms in total. The summed E-state index contributed by atoms with van der Waals surface area (Å²) in [7, 11) is 1.64. The highest BCUT2D eigenvalue weighted by Gasteiger charge is 2.33. The Bertz CT molecular complexity index is 1090. The van der Waals surface area contributed by atoms with Gasteiger partial charge in [-0.3, -0.25) is 4.98 Å². The van der Waals surface area contributed by atoms with Crippen LogP contribution < -0.4 is 10.1 Å². The van der Waals surface area contributed by atoms with Crippen molar-refractivity contribution in [3.05, 3.63) is 64.2 Å². The first-order chi connectivity index (χ1) is 15.1. The molecule has 4 rings (SSSR count). The van der Waals surface area contributed by atoms with Gasteiger partial charge >= 0.3 is 0 Å². The van der Waals surface area contributed by atoms with Gasteiger partial charge in [0.15, 0.2) is 0 Å². The summed E-state index contributed by atoms with van der Waals surface area (Å²) in [6.07, 6.45) is 5.55. The molecule has 0 aliphatic heterocycles. The van der Waals surface area contributed by atoms with E-state index in [0.29, 0.717) is 10.9 Å². The van der Waals surface area contributed by atoms with E-state index in [1.54, 1.807) is 7.11 Å². The maximum absolute atomic E-state index is 6.57. The van der Waals surface area contributed by atoms with Crippen LogP contribution in [-0.2, 0) is 19.3 Å². The number of aromatic nitrogens is 3. The fourth-order valence-corrected chi connectivity index (χ4v) is 4.64. The van der Waals surface area contributed by atoms with E-state index in [-0.39, 0.29) is 6.04 Å². The Morgan fingerprint density at radius 2 is 1.90 bits per heavy atom. The summed E-state index contributed by atoms with van der Waals surface area (Å²) < 4.78 is 5.29. The van der Waals surface area contributed by atoms with Crippen LogP contribution >= 0.6 is 11.6 Å². The number of anilines is 1. The Morgan fingerprint density at radius 3 is 2.58 bits per heavy atom. The number of ether oxygens (including phenoxy) is 1. The van der Waals surface area contributed by atoms with Gasteiger partial charge in [-0.15, -0.1) is 0 Å². The molecule has 1 aromatic carbocycles. The molecule has 1 aliphatic carbocycles. The molecule has 31 heavy (non-hydrogen) atoms. The lowest BCUT2D eigenvalue weighted by atomic mass is 9.99. The Morgan fingerprint density at radius 1 is 1.10 bits per heavy atom. The van der Waals surface area contributed by atoms with Crippen LogP contribution in [0.5, 0.6) is 5.75 Å². The maximum Gasteiger partial charge on any atom is 0.148 e. The number of pyridine rings is 1. The molecule has 0 spiro atoms. The number of hydrogen-bond donors (Lipinski definition) is 1. The molecule has 1 aliphatic rings. The van der Waals surface area contributed by atoms with E-state index in [1.165, 1.54) is 5.56 Å². The minimum atomic E-state index is 0.154. The van der Waals surface area contributed by atoms with E-state index < -0.39 is 0 Å². The first kappa shape index (κ1) is 21.6. The lowest BCUT2D eigenvalue weighted by molar-refractivity contribution is 0.415. The topological polar surface area (TPSA) is 59.9 Å². The predicted octanol–water partition coefficient (Wildman–Crippen LogP) is 6.06. The van der Waals surface area contributed by atoms with E-state index in [2.05, 4.69) is 37.1 Å². The van der Waals surface area contributed by atoms with E-state index in [1.807, 2.05) is 30.5 Å². The third-order valence-corrected chi connectivity index (χ3v) is 6.44. The normalized spacial score (nSPS) is 17.5. The lowest BCUT2D eigenvalue weighted by Crippen LogP contribution is -2.20. The molecular weight excluding hydrogens is 408 g/mol. The third-order valence-electron chi connectivity index (χ3n) is 6.13. The van der Waals surface area contributed by atoms with Crippen molar-refractivity contribution in [1.82, 2.24) is 15.0 Å². The van der Waals surface area contributed by atoms with Gasteiger partial charge in [0, 0.05) is 11.8 Å². The van der Waals surface area contributed by atoms with Gasteiger partial charge in [0.2, 0.25) is 0 Å². The molecule has 3 aromatic rings. The summed E-state index contributed by atoms with van der Waals surface area (Å²) in [6, 6.07) is 10.1. The van der Waals surface area contributed by atoms with Crippen LogP contribution in [0.4, 0.5) is 5.82 Å². The minimum Gasteiger partial charge on any atom is -0.497 e. The van der Waals surface area contributed by atoms with Crippen molar-refractivity contribution < 1.29 is 4.74 Å². The summed E-state index contributed by atoms with van der Waals surface area (Å²) in [5.41, 5.74) is 6.06. The van der Waals surface area contributed by atoms with Crippen molar-refractivity contribution in [3.63, 3.8) is 0 Å². The van der Waals surface area contributed by atoms with Crippen molar-refractivity contribution in [2.75, 3.05) is 12.4 Å². The molecule has 2 aromatic heterocycles. The molecule has 0 saturated carbocycles. The molecular formula is C25H29ClN4O. The van der Waals surface area contributed by atoms with Crippen molar-refractivity contribution >= 4 is 17.4 Å². The molecule has 0 amide bonds. The SMILES string of the molecule is CCc1nc(-c2ccc(OC)cc2Cl)c(CC)nc1N[C@@H]1c2ncccc2C[C@H]1CC. The maximum atomic E-state index is 6.57. The van der Waals surface area contributed by atoms with E-state index in [9.17, 15) is 0 Å². The molecule has 0 radical (unpaired) electrons. The largest absolute Gasteiger partial charge is 0.497 e. The second kappa shape index (κ2) is 9.23. The van der Waals surface area contributed by atoms with Gasteiger partial charge in [0.05, 0.1) is 40.9 Å². The Balaban J connectivity index is 1.75. The second-order valence-corrected chi connectivity index (χ2v) is 8.32. The summed E-state index contributed by atoms with van der Waals surface area (Å²) >= 11 is 6.57. The molecule has 6 heteroatoms. The number of fused-ring (bicyclic) bond motifs is 1.